The molecule has 1 aliphatic rings. The van der Waals surface area contributed by atoms with Crippen LogP contribution < -0.4 is 9.33 Å². The first-order chi connectivity index (χ1) is 19.2. The van der Waals surface area contributed by atoms with Crippen LogP contribution in [-0.2, 0) is 0 Å². The number of rotatable bonds is 6. The van der Waals surface area contributed by atoms with Gasteiger partial charge in [0, 0.05) is 22.7 Å². The van der Waals surface area contributed by atoms with Gasteiger partial charge in [-0.15, -0.1) is 13.2 Å². The van der Waals surface area contributed by atoms with Crippen LogP contribution in [0.25, 0.3) is 27.5 Å². The molecule has 4 aromatic carbocycles. The third-order valence-electron chi connectivity index (χ3n) is 7.25. The van der Waals surface area contributed by atoms with E-state index in [1.165, 1.54) is 23.4 Å². The van der Waals surface area contributed by atoms with Gasteiger partial charge < -0.3 is 4.74 Å². The fraction of sp³-hybridized carbons (Fsp3) is 0.226. The van der Waals surface area contributed by atoms with Crippen molar-refractivity contribution in [3.63, 3.8) is 0 Å². The molecule has 5 nitrogen and oxygen atoms in total. The Bertz CT molecular complexity index is 1700. The van der Waals surface area contributed by atoms with Crippen molar-refractivity contribution < 1.29 is 17.9 Å². The maximum absolute atomic E-state index is 12.5. The van der Waals surface area contributed by atoms with E-state index in [2.05, 4.69) is 66.0 Å². The second-order valence-electron chi connectivity index (χ2n) is 10.2. The fourth-order valence-corrected chi connectivity index (χ4v) is 6.49. The molecule has 0 amide bonds. The van der Waals surface area contributed by atoms with Crippen molar-refractivity contribution in [1.29, 1.82) is 0 Å². The number of fused-ring (bicyclic) bond motifs is 3. The van der Waals surface area contributed by atoms with Gasteiger partial charge in [-0.3, -0.25) is 4.57 Å². The monoisotopic (exact) mass is 561 g/mol. The fourth-order valence-electron chi connectivity index (χ4n) is 5.29. The van der Waals surface area contributed by atoms with Crippen LogP contribution in [0.15, 0.2) is 90.3 Å². The van der Waals surface area contributed by atoms with Crippen LogP contribution in [0.1, 0.15) is 30.9 Å². The van der Waals surface area contributed by atoms with Crippen molar-refractivity contribution in [2.75, 3.05) is 18.2 Å². The molecule has 0 aliphatic carbocycles. The Hall–Kier alpha value is -3.82. The van der Waals surface area contributed by atoms with Crippen molar-refractivity contribution >= 4 is 45.5 Å². The number of imidazole rings is 1. The molecule has 0 N–H and O–H groups in total. The number of aromatic nitrogens is 2. The van der Waals surface area contributed by atoms with Gasteiger partial charge in [0.25, 0.3) is 0 Å². The number of halogens is 3. The maximum atomic E-state index is 12.5. The summed E-state index contributed by atoms with van der Waals surface area (Å²) in [5.74, 6) is 2.14. The average Bonchev–Trinajstić information content (AvgIpc) is 3.60. The Morgan fingerprint density at radius 1 is 1.02 bits per heavy atom. The number of hydrogen-bond acceptors (Lipinski definition) is 4. The highest BCUT2D eigenvalue weighted by molar-refractivity contribution is 7.99. The molecule has 0 radical (unpaired) electrons. The van der Waals surface area contributed by atoms with Crippen molar-refractivity contribution in [2.45, 2.75) is 26.1 Å². The number of hydrogen-bond donors (Lipinski definition) is 0. The van der Waals surface area contributed by atoms with Crippen LogP contribution >= 0.6 is 11.8 Å². The van der Waals surface area contributed by atoms with Crippen molar-refractivity contribution in [2.24, 2.45) is 5.10 Å². The summed E-state index contributed by atoms with van der Waals surface area (Å²) in [5, 5.41) is 7.21. The van der Waals surface area contributed by atoms with Crippen molar-refractivity contribution in [3.05, 3.63) is 96.3 Å². The predicted octanol–water partition coefficient (Wildman–Crippen LogP) is 8.25. The molecule has 0 bridgehead atoms. The first-order valence-electron chi connectivity index (χ1n) is 13.1. The lowest BCUT2D eigenvalue weighted by Gasteiger charge is -2.28. The lowest BCUT2D eigenvalue weighted by molar-refractivity contribution is -0.274. The largest absolute Gasteiger partial charge is 0.573 e. The number of alkyl halides is 3. The third-order valence-corrected chi connectivity index (χ3v) is 8.33. The van der Waals surface area contributed by atoms with Crippen LogP contribution in [0.5, 0.6) is 5.75 Å². The Labute approximate surface area is 234 Å². The van der Waals surface area contributed by atoms with Gasteiger partial charge in [0.2, 0.25) is 0 Å². The molecule has 40 heavy (non-hydrogen) atoms. The molecule has 204 valence electrons. The lowest BCUT2D eigenvalue weighted by Crippen LogP contribution is -2.41. The maximum Gasteiger partial charge on any atom is 0.573 e. The van der Waals surface area contributed by atoms with Gasteiger partial charge in [0.1, 0.15) is 18.6 Å². The topological polar surface area (TPSA) is 39.4 Å². The van der Waals surface area contributed by atoms with E-state index < -0.39 is 6.36 Å². The zero-order valence-electron chi connectivity index (χ0n) is 22.1. The average molecular weight is 562 g/mol. The third kappa shape index (κ3) is 5.07. The minimum absolute atomic E-state index is 0.260. The van der Waals surface area contributed by atoms with Gasteiger partial charge in [-0.2, -0.15) is 4.59 Å². The number of thioether (sulfide) groups is 1. The summed E-state index contributed by atoms with van der Waals surface area (Å²) in [7, 11) is 0. The second-order valence-corrected chi connectivity index (χ2v) is 11.3. The summed E-state index contributed by atoms with van der Waals surface area (Å²) in [4.78, 5) is 4.63. The summed E-state index contributed by atoms with van der Waals surface area (Å²) in [6, 6.07) is 24.6. The minimum atomic E-state index is -4.72. The molecule has 5 aromatic rings. The molecule has 1 aromatic heterocycles. The molecule has 1 atom stereocenters. The Balaban J connectivity index is 1.31. The smallest absolute Gasteiger partial charge is 0.406 e. The normalized spacial score (nSPS) is 17.9. The SMILES string of the molecule is CC(C)c1ccccc1[N+]1(/N=C/c2ccc3c(ccc4c3ncn4-c3ccc(OC(F)(F)F)cc3)c2)CCSC1. The van der Waals surface area contributed by atoms with Gasteiger partial charge >= 0.3 is 6.36 Å². The highest BCUT2D eigenvalue weighted by Crippen LogP contribution is 2.38. The Morgan fingerprint density at radius 2 is 1.82 bits per heavy atom. The van der Waals surface area contributed by atoms with Crippen molar-refractivity contribution in [1.82, 2.24) is 14.1 Å². The van der Waals surface area contributed by atoms with E-state index in [9.17, 15) is 13.2 Å². The van der Waals surface area contributed by atoms with E-state index in [-0.39, 0.29) is 5.75 Å². The number of quaternary nitrogens is 1. The summed E-state index contributed by atoms with van der Waals surface area (Å²) >= 11 is 1.93. The van der Waals surface area contributed by atoms with Crippen LogP contribution in [0.2, 0.25) is 0 Å². The standard InChI is InChI=1S/C31H28F3N4OS/c1-21(2)26-5-3-4-6-29(26)38(15-16-40-20-38)36-18-22-7-13-27-23(17-22)8-14-28-30(27)35-19-37(28)24-9-11-25(12-10-24)39-31(32,33)34/h3-14,17-19,21H,15-16,20H2,1-2H3/q+1/b36-18+. The molecule has 6 rings (SSSR count). The molecule has 1 fully saturated rings. The zero-order valence-corrected chi connectivity index (χ0v) is 22.9. The number of benzene rings is 4. The quantitative estimate of drug-likeness (QED) is 0.155. The Morgan fingerprint density at radius 3 is 2.55 bits per heavy atom. The summed E-state index contributed by atoms with van der Waals surface area (Å²) in [5.41, 5.74) is 6.00. The van der Waals surface area contributed by atoms with E-state index in [4.69, 9.17) is 5.10 Å². The molecule has 1 aliphatic heterocycles. The molecule has 1 saturated heterocycles. The van der Waals surface area contributed by atoms with Gasteiger partial charge in [0.05, 0.1) is 23.0 Å². The van der Waals surface area contributed by atoms with E-state index in [0.717, 1.165) is 45.5 Å². The van der Waals surface area contributed by atoms with E-state index in [0.29, 0.717) is 16.2 Å². The molecule has 1 unspecified atom stereocenters. The molecule has 0 saturated carbocycles. The minimum Gasteiger partial charge on any atom is -0.406 e. The Kier molecular flexibility index (Phi) is 6.80. The first-order valence-corrected chi connectivity index (χ1v) is 14.2. The van der Waals surface area contributed by atoms with Gasteiger partial charge in [-0.1, -0.05) is 67.1 Å². The molecule has 0 spiro atoms. The van der Waals surface area contributed by atoms with Gasteiger partial charge in [0.15, 0.2) is 11.6 Å². The van der Waals surface area contributed by atoms with Crippen LogP contribution in [0, 0.1) is 0 Å². The second kappa shape index (κ2) is 10.3. The zero-order chi connectivity index (χ0) is 27.9. The van der Waals surface area contributed by atoms with Crippen LogP contribution in [0.3, 0.4) is 0 Å². The summed E-state index contributed by atoms with van der Waals surface area (Å²) in [6.07, 6.45) is -1.06. The number of para-hydroxylation sites is 1. The van der Waals surface area contributed by atoms with Crippen LogP contribution in [0.4, 0.5) is 18.9 Å². The van der Waals surface area contributed by atoms with Crippen LogP contribution in [-0.4, -0.2) is 40.3 Å². The van der Waals surface area contributed by atoms with Gasteiger partial charge in [-0.25, -0.2) is 4.98 Å². The first kappa shape index (κ1) is 26.4. The van der Waals surface area contributed by atoms with E-state index in [1.807, 2.05) is 34.7 Å². The number of ether oxygens (including phenoxy) is 1. The highest BCUT2D eigenvalue weighted by atomic mass is 32.2. The highest BCUT2D eigenvalue weighted by Gasteiger charge is 2.38. The number of nitrogens with zero attached hydrogens (tertiary/aromatic N) is 4. The molecular formula is C31H28F3N4OS+. The summed E-state index contributed by atoms with van der Waals surface area (Å²) in [6.45, 7) is 5.41. The molecule has 2 heterocycles. The molecular weight excluding hydrogens is 533 g/mol. The predicted molar refractivity (Wildman–Crippen MR) is 157 cm³/mol. The lowest BCUT2D eigenvalue weighted by atomic mass is 10.0. The summed E-state index contributed by atoms with van der Waals surface area (Å²) < 4.78 is 44.0. The van der Waals surface area contributed by atoms with Gasteiger partial charge in [-0.05, 0) is 53.3 Å². The molecule has 9 heteroatoms. The van der Waals surface area contributed by atoms with Crippen molar-refractivity contribution in [3.8, 4) is 11.4 Å². The van der Waals surface area contributed by atoms with E-state index >= 15 is 0 Å². The van der Waals surface area contributed by atoms with E-state index in [1.54, 1.807) is 18.5 Å².